The van der Waals surface area contributed by atoms with Gasteiger partial charge in [-0.2, -0.15) is 0 Å². The monoisotopic (exact) mass is 428 g/mol. The second-order valence-corrected chi connectivity index (χ2v) is 8.42. The molecular formula is C15H25O12P. The molecule has 2 aliphatic rings. The Bertz CT molecular complexity index is 581. The van der Waals surface area contributed by atoms with Gasteiger partial charge in [0.15, 0.2) is 19.9 Å². The smallest absolute Gasteiger partial charge is 0.372 e. The van der Waals surface area contributed by atoms with E-state index in [9.17, 15) is 19.3 Å². The molecule has 0 aliphatic carbocycles. The van der Waals surface area contributed by atoms with E-state index < -0.39 is 63.5 Å². The van der Waals surface area contributed by atoms with Gasteiger partial charge < -0.3 is 14.6 Å². The Labute approximate surface area is 161 Å². The van der Waals surface area contributed by atoms with E-state index in [0.29, 0.717) is 12.8 Å². The van der Waals surface area contributed by atoms with Crippen LogP contribution in [0, 0.1) is 11.8 Å². The molecule has 2 rings (SSSR count). The van der Waals surface area contributed by atoms with Crippen molar-refractivity contribution in [2.45, 2.75) is 45.0 Å². The van der Waals surface area contributed by atoms with Crippen molar-refractivity contribution in [3.63, 3.8) is 0 Å². The third kappa shape index (κ3) is 6.19. The van der Waals surface area contributed by atoms with Crippen LogP contribution in [0.5, 0.6) is 0 Å². The molecule has 2 saturated heterocycles. The lowest BCUT2D eigenvalue weighted by Gasteiger charge is -2.24. The fourth-order valence-corrected chi connectivity index (χ4v) is 3.97. The summed E-state index contributed by atoms with van der Waals surface area (Å²) in [6, 6.07) is 0. The van der Waals surface area contributed by atoms with Gasteiger partial charge >= 0.3 is 19.5 Å². The van der Waals surface area contributed by atoms with E-state index in [1.165, 1.54) is 7.11 Å². The van der Waals surface area contributed by atoms with Crippen LogP contribution >= 0.6 is 7.60 Å². The van der Waals surface area contributed by atoms with Gasteiger partial charge in [0.1, 0.15) is 0 Å². The number of hydrogen-bond donors (Lipinski definition) is 1. The SMILES string of the molecule is COOCOP(=O)(COC(=O)C1C2CCC(O2)C1C(=O)O)OCOOC(C)C. The number of rotatable bonds is 13. The quantitative estimate of drug-likeness (QED) is 0.113. The fourth-order valence-electron chi connectivity index (χ4n) is 3.06. The molecule has 162 valence electrons. The highest BCUT2D eigenvalue weighted by atomic mass is 31.2. The Kier molecular flexibility index (Phi) is 8.78. The lowest BCUT2D eigenvalue weighted by atomic mass is 9.79. The van der Waals surface area contributed by atoms with Crippen LogP contribution in [0.4, 0.5) is 0 Å². The van der Waals surface area contributed by atoms with Gasteiger partial charge in [-0.05, 0) is 26.7 Å². The zero-order valence-corrected chi connectivity index (χ0v) is 16.7. The zero-order chi connectivity index (χ0) is 20.7. The van der Waals surface area contributed by atoms with Gasteiger partial charge in [0.2, 0.25) is 0 Å². The topological polar surface area (TPSA) is 145 Å². The van der Waals surface area contributed by atoms with Crippen LogP contribution in [0.25, 0.3) is 0 Å². The summed E-state index contributed by atoms with van der Waals surface area (Å²) in [4.78, 5) is 42.2. The highest BCUT2D eigenvalue weighted by Gasteiger charge is 2.56. The van der Waals surface area contributed by atoms with Gasteiger partial charge in [-0.15, -0.1) is 0 Å². The standard InChI is InChI=1S/C15H25O12P/c1-9(2)27-23-7-25-28(19,24-6-22-20-3)8-21-15(18)13-11-5-4-10(26-11)12(13)14(16)17/h9-13H,4-8H2,1-3H3,(H,16,17). The molecule has 28 heavy (non-hydrogen) atoms. The van der Waals surface area contributed by atoms with Crippen LogP contribution in [0.15, 0.2) is 0 Å². The van der Waals surface area contributed by atoms with Crippen molar-refractivity contribution < 1.29 is 57.3 Å². The molecule has 2 heterocycles. The van der Waals surface area contributed by atoms with E-state index in [-0.39, 0.29) is 6.10 Å². The van der Waals surface area contributed by atoms with Gasteiger partial charge in [0.25, 0.3) is 0 Å². The number of hydrogen-bond acceptors (Lipinski definition) is 11. The minimum absolute atomic E-state index is 0.260. The third-order valence-corrected chi connectivity index (χ3v) is 5.61. The van der Waals surface area contributed by atoms with E-state index in [4.69, 9.17) is 28.3 Å². The van der Waals surface area contributed by atoms with E-state index in [1.807, 2.05) is 0 Å². The predicted octanol–water partition coefficient (Wildman–Crippen LogP) is 1.44. The van der Waals surface area contributed by atoms with Gasteiger partial charge in [-0.3, -0.25) is 23.2 Å². The van der Waals surface area contributed by atoms with Crippen molar-refractivity contribution in [1.29, 1.82) is 0 Å². The van der Waals surface area contributed by atoms with Crippen LogP contribution < -0.4 is 0 Å². The number of carboxylic acids is 1. The third-order valence-electron chi connectivity index (χ3n) is 4.17. The molecule has 0 aromatic rings. The molecule has 1 N–H and O–H groups in total. The molecule has 2 aliphatic heterocycles. The van der Waals surface area contributed by atoms with Gasteiger partial charge in [-0.25, -0.2) is 19.6 Å². The molecule has 0 spiro atoms. The Hall–Kier alpha value is -1.11. The van der Waals surface area contributed by atoms with Crippen LogP contribution in [0.3, 0.4) is 0 Å². The van der Waals surface area contributed by atoms with Crippen LogP contribution in [-0.4, -0.2) is 62.4 Å². The summed E-state index contributed by atoms with van der Waals surface area (Å²) in [5.41, 5.74) is 0. The van der Waals surface area contributed by atoms with Crippen molar-refractivity contribution in [3.8, 4) is 0 Å². The largest absolute Gasteiger partial charge is 0.481 e. The number of ether oxygens (including phenoxy) is 2. The van der Waals surface area contributed by atoms with Gasteiger partial charge in [0.05, 0.1) is 37.3 Å². The zero-order valence-electron chi connectivity index (χ0n) is 15.8. The summed E-state index contributed by atoms with van der Waals surface area (Å²) in [5, 5.41) is 9.36. The van der Waals surface area contributed by atoms with Crippen molar-refractivity contribution in [3.05, 3.63) is 0 Å². The summed E-state index contributed by atoms with van der Waals surface area (Å²) in [6.07, 6.45) is -0.984. The van der Waals surface area contributed by atoms with E-state index in [0.717, 1.165) is 0 Å². The minimum atomic E-state index is -4.00. The fraction of sp³-hybridized carbons (Fsp3) is 0.867. The molecule has 2 bridgehead atoms. The molecule has 5 unspecified atom stereocenters. The maximum Gasteiger partial charge on any atom is 0.372 e. The van der Waals surface area contributed by atoms with E-state index in [2.05, 4.69) is 9.78 Å². The van der Waals surface area contributed by atoms with Gasteiger partial charge in [-0.1, -0.05) is 0 Å². The minimum Gasteiger partial charge on any atom is -0.481 e. The molecule has 12 nitrogen and oxygen atoms in total. The molecule has 13 heteroatoms. The number of aliphatic carboxylic acids is 1. The predicted molar refractivity (Wildman–Crippen MR) is 88.4 cm³/mol. The number of carboxylic acid groups (broad SMARTS) is 1. The van der Waals surface area contributed by atoms with Crippen molar-refractivity contribution >= 4 is 19.5 Å². The number of carbonyl (C=O) groups excluding carboxylic acids is 1. The van der Waals surface area contributed by atoms with Crippen LogP contribution in [-0.2, 0) is 52.2 Å². The number of fused-ring (bicyclic) bond motifs is 2. The lowest BCUT2D eigenvalue weighted by Crippen LogP contribution is -2.39. The highest BCUT2D eigenvalue weighted by Crippen LogP contribution is 2.49. The molecule has 0 aromatic carbocycles. The second-order valence-electron chi connectivity index (χ2n) is 6.42. The van der Waals surface area contributed by atoms with Crippen LogP contribution in [0.1, 0.15) is 26.7 Å². The average Bonchev–Trinajstić information content (AvgIpc) is 3.25. The summed E-state index contributed by atoms with van der Waals surface area (Å²) >= 11 is 0. The average molecular weight is 428 g/mol. The number of carbonyl (C=O) groups is 2. The Balaban J connectivity index is 1.92. The molecule has 5 atom stereocenters. The summed E-state index contributed by atoms with van der Waals surface area (Å²) in [6.45, 7) is 2.29. The van der Waals surface area contributed by atoms with Crippen molar-refractivity contribution in [2.75, 3.05) is 27.0 Å². The van der Waals surface area contributed by atoms with Crippen molar-refractivity contribution in [2.24, 2.45) is 11.8 Å². The lowest BCUT2D eigenvalue weighted by molar-refractivity contribution is -0.345. The summed E-state index contributed by atoms with van der Waals surface area (Å²) in [7, 11) is -2.79. The number of esters is 1. The first kappa shape index (κ1) is 23.2. The first-order valence-corrected chi connectivity index (χ1v) is 10.4. The molecule has 0 saturated carbocycles. The maximum atomic E-state index is 12.7. The van der Waals surface area contributed by atoms with Crippen LogP contribution in [0.2, 0.25) is 0 Å². The summed E-state index contributed by atoms with van der Waals surface area (Å²) in [5.74, 6) is -3.98. The second kappa shape index (κ2) is 10.6. The maximum absolute atomic E-state index is 12.7. The molecular weight excluding hydrogens is 403 g/mol. The first-order chi connectivity index (χ1) is 13.3. The van der Waals surface area contributed by atoms with E-state index in [1.54, 1.807) is 13.8 Å². The molecule has 0 aromatic heterocycles. The van der Waals surface area contributed by atoms with Gasteiger partial charge in [0, 0.05) is 0 Å². The first-order valence-electron chi connectivity index (χ1n) is 8.64. The Morgan fingerprint density at radius 3 is 2.29 bits per heavy atom. The highest BCUT2D eigenvalue weighted by molar-refractivity contribution is 7.53. The van der Waals surface area contributed by atoms with E-state index >= 15 is 0 Å². The summed E-state index contributed by atoms with van der Waals surface area (Å²) < 4.78 is 33.2. The molecule has 0 radical (unpaired) electrons. The van der Waals surface area contributed by atoms with Crippen molar-refractivity contribution in [1.82, 2.24) is 0 Å². The Morgan fingerprint density at radius 1 is 1.11 bits per heavy atom. The molecule has 2 fully saturated rings. The normalized spacial score (nSPS) is 28.4. The molecule has 0 amide bonds. The Morgan fingerprint density at radius 2 is 1.71 bits per heavy atom.